The molecule has 0 aliphatic carbocycles. The van der Waals surface area contributed by atoms with Gasteiger partial charge in [0.05, 0.1) is 23.1 Å². The maximum Gasteiger partial charge on any atom is 0.573 e. The van der Waals surface area contributed by atoms with Gasteiger partial charge in [-0.15, -0.1) is 13.2 Å². The molecule has 1 aliphatic heterocycles. The molecule has 0 saturated carbocycles. The summed E-state index contributed by atoms with van der Waals surface area (Å²) in [7, 11) is 0. The largest absolute Gasteiger partial charge is 0.573 e. The first kappa shape index (κ1) is 26.9. The number of carbonyl (C=O) groups excluding carboxylic acids is 2. The number of aliphatic hydroxyl groups is 1. The van der Waals surface area contributed by atoms with E-state index in [1.807, 2.05) is 0 Å². The molecular formula is C28H24F3NO6. The molecule has 2 N–H and O–H groups in total. The number of aliphatic hydroxyl groups excluding tert-OH is 1. The molecule has 2 unspecified atom stereocenters. The van der Waals surface area contributed by atoms with Crippen LogP contribution in [-0.4, -0.2) is 51.9 Å². The summed E-state index contributed by atoms with van der Waals surface area (Å²) in [5.41, 5.74) is 2.83. The molecule has 0 bridgehead atoms. The standard InChI is InChI=1S/C28H24F3NO6/c29-28(30,31)38-20-12-10-19(11-13-20)18-8-5-17(6-9-18)7-14-24(33)23(27(36)37)15-16-32-25(34)21-3-1-2-4-22(21)26(32)35/h1-6,8-13,23-24,33H,7,14-16H2,(H,36,37). The Morgan fingerprint density at radius 1 is 0.842 bits per heavy atom. The van der Waals surface area contributed by atoms with Crippen molar-refractivity contribution in [3.8, 4) is 16.9 Å². The first-order valence-corrected chi connectivity index (χ1v) is 11.8. The van der Waals surface area contributed by atoms with Crippen LogP contribution in [-0.2, 0) is 11.2 Å². The number of rotatable bonds is 10. The molecule has 4 rings (SSSR count). The van der Waals surface area contributed by atoms with E-state index in [1.165, 1.54) is 24.3 Å². The molecule has 38 heavy (non-hydrogen) atoms. The van der Waals surface area contributed by atoms with E-state index in [-0.39, 0.29) is 36.3 Å². The van der Waals surface area contributed by atoms with E-state index in [0.717, 1.165) is 16.0 Å². The second-order valence-electron chi connectivity index (χ2n) is 8.92. The highest BCUT2D eigenvalue weighted by atomic mass is 19.4. The number of carbonyl (C=O) groups is 3. The van der Waals surface area contributed by atoms with Crippen LogP contribution in [0.2, 0.25) is 0 Å². The monoisotopic (exact) mass is 527 g/mol. The quantitative estimate of drug-likeness (QED) is 0.363. The van der Waals surface area contributed by atoms with Crippen LogP contribution in [0.5, 0.6) is 5.75 Å². The summed E-state index contributed by atoms with van der Waals surface area (Å²) in [4.78, 5) is 37.9. The van der Waals surface area contributed by atoms with Crippen molar-refractivity contribution in [3.05, 3.63) is 89.5 Å². The summed E-state index contributed by atoms with van der Waals surface area (Å²) in [5, 5.41) is 20.2. The third-order valence-corrected chi connectivity index (χ3v) is 6.43. The lowest BCUT2D eigenvalue weighted by Gasteiger charge is -2.22. The molecule has 0 aromatic heterocycles. The number of nitrogens with zero attached hydrogens (tertiary/aromatic N) is 1. The number of ether oxygens (including phenoxy) is 1. The fourth-order valence-electron chi connectivity index (χ4n) is 4.42. The van der Waals surface area contributed by atoms with Gasteiger partial charge in [0.2, 0.25) is 0 Å². The minimum atomic E-state index is -4.76. The average molecular weight is 527 g/mol. The Morgan fingerprint density at radius 3 is 1.87 bits per heavy atom. The molecule has 7 nitrogen and oxygen atoms in total. The first-order valence-electron chi connectivity index (χ1n) is 11.8. The van der Waals surface area contributed by atoms with Crippen LogP contribution in [0, 0.1) is 5.92 Å². The predicted molar refractivity (Wildman–Crippen MR) is 130 cm³/mol. The molecule has 1 aliphatic rings. The lowest BCUT2D eigenvalue weighted by Crippen LogP contribution is -2.36. The van der Waals surface area contributed by atoms with Gasteiger partial charge >= 0.3 is 12.3 Å². The van der Waals surface area contributed by atoms with Crippen molar-refractivity contribution in [1.29, 1.82) is 0 Å². The van der Waals surface area contributed by atoms with Crippen LogP contribution in [0.1, 0.15) is 39.1 Å². The number of imide groups is 1. The Hall–Kier alpha value is -4.18. The van der Waals surface area contributed by atoms with Crippen LogP contribution >= 0.6 is 0 Å². The highest BCUT2D eigenvalue weighted by molar-refractivity contribution is 6.21. The fourth-order valence-corrected chi connectivity index (χ4v) is 4.42. The Bertz CT molecular complexity index is 1290. The second-order valence-corrected chi connectivity index (χ2v) is 8.92. The van der Waals surface area contributed by atoms with Gasteiger partial charge in [-0.2, -0.15) is 0 Å². The van der Waals surface area contributed by atoms with E-state index in [9.17, 15) is 37.8 Å². The normalized spacial score (nSPS) is 14.8. The zero-order chi connectivity index (χ0) is 27.4. The van der Waals surface area contributed by atoms with E-state index in [0.29, 0.717) is 12.0 Å². The van der Waals surface area contributed by atoms with Crippen LogP contribution in [0.4, 0.5) is 13.2 Å². The highest BCUT2D eigenvalue weighted by Crippen LogP contribution is 2.28. The maximum atomic E-state index is 12.5. The highest BCUT2D eigenvalue weighted by Gasteiger charge is 2.36. The van der Waals surface area contributed by atoms with Crippen molar-refractivity contribution < 1.29 is 42.5 Å². The number of hydrogen-bond acceptors (Lipinski definition) is 5. The minimum absolute atomic E-state index is 0.0883. The minimum Gasteiger partial charge on any atom is -0.481 e. The molecule has 3 aromatic carbocycles. The number of hydrogen-bond donors (Lipinski definition) is 2. The smallest absolute Gasteiger partial charge is 0.481 e. The van der Waals surface area contributed by atoms with Crippen LogP contribution in [0.15, 0.2) is 72.8 Å². The Labute approximate surface area is 216 Å². The number of fused-ring (bicyclic) bond motifs is 1. The van der Waals surface area contributed by atoms with Gasteiger partial charge in [0.25, 0.3) is 11.8 Å². The molecule has 1 heterocycles. The molecule has 2 amide bonds. The van der Waals surface area contributed by atoms with Gasteiger partial charge in [0.1, 0.15) is 5.75 Å². The lowest BCUT2D eigenvalue weighted by molar-refractivity contribution is -0.274. The summed E-state index contributed by atoms with van der Waals surface area (Å²) < 4.78 is 40.9. The predicted octanol–water partition coefficient (Wildman–Crippen LogP) is 4.93. The van der Waals surface area contributed by atoms with Gasteiger partial charge in [-0.1, -0.05) is 48.5 Å². The first-order chi connectivity index (χ1) is 18.0. The average Bonchev–Trinajstić information content (AvgIpc) is 3.12. The molecule has 0 fully saturated rings. The van der Waals surface area contributed by atoms with Gasteiger partial charge < -0.3 is 14.9 Å². The van der Waals surface area contributed by atoms with Crippen molar-refractivity contribution in [2.45, 2.75) is 31.7 Å². The van der Waals surface area contributed by atoms with E-state index in [2.05, 4.69) is 4.74 Å². The fraction of sp³-hybridized carbons (Fsp3) is 0.250. The van der Waals surface area contributed by atoms with Crippen LogP contribution in [0.3, 0.4) is 0 Å². The van der Waals surface area contributed by atoms with Crippen molar-refractivity contribution in [1.82, 2.24) is 4.90 Å². The molecule has 0 saturated heterocycles. The summed E-state index contributed by atoms with van der Waals surface area (Å²) in [5.74, 6) is -3.67. The van der Waals surface area contributed by atoms with Gasteiger partial charge in [-0.05, 0) is 60.2 Å². The van der Waals surface area contributed by atoms with Gasteiger partial charge in [-0.25, -0.2) is 0 Å². The van der Waals surface area contributed by atoms with Gasteiger partial charge in [-0.3, -0.25) is 19.3 Å². The number of amides is 2. The number of carboxylic acid groups (broad SMARTS) is 1. The van der Waals surface area contributed by atoms with Crippen molar-refractivity contribution in [3.63, 3.8) is 0 Å². The van der Waals surface area contributed by atoms with E-state index >= 15 is 0 Å². The molecule has 3 aromatic rings. The molecule has 2 atom stereocenters. The number of carboxylic acids is 1. The molecule has 198 valence electrons. The zero-order valence-electron chi connectivity index (χ0n) is 20.0. The molecular weight excluding hydrogens is 503 g/mol. The Balaban J connectivity index is 1.32. The summed E-state index contributed by atoms with van der Waals surface area (Å²) in [6.45, 7) is -0.123. The van der Waals surface area contributed by atoms with E-state index in [4.69, 9.17) is 0 Å². The number of aliphatic carboxylic acids is 1. The Kier molecular flexibility index (Phi) is 7.82. The van der Waals surface area contributed by atoms with Crippen molar-refractivity contribution >= 4 is 17.8 Å². The number of benzene rings is 3. The topological polar surface area (TPSA) is 104 Å². The van der Waals surface area contributed by atoms with Crippen molar-refractivity contribution in [2.24, 2.45) is 5.92 Å². The molecule has 0 spiro atoms. The van der Waals surface area contributed by atoms with E-state index < -0.39 is 36.2 Å². The lowest BCUT2D eigenvalue weighted by atomic mass is 9.93. The summed E-state index contributed by atoms with van der Waals surface area (Å²) >= 11 is 0. The van der Waals surface area contributed by atoms with Crippen molar-refractivity contribution in [2.75, 3.05) is 6.54 Å². The molecule has 0 radical (unpaired) electrons. The number of alkyl halides is 3. The maximum absolute atomic E-state index is 12.5. The van der Waals surface area contributed by atoms with Crippen LogP contribution in [0.25, 0.3) is 11.1 Å². The van der Waals surface area contributed by atoms with Gasteiger partial charge in [0, 0.05) is 6.54 Å². The summed E-state index contributed by atoms with van der Waals surface area (Å²) in [6.07, 6.45) is -5.54. The second kappa shape index (κ2) is 11.1. The number of halogens is 3. The zero-order valence-corrected chi connectivity index (χ0v) is 20.0. The third kappa shape index (κ3) is 6.20. The molecule has 10 heteroatoms. The SMILES string of the molecule is O=C(O)C(CCN1C(=O)c2ccccc2C1=O)C(O)CCc1ccc(-c2ccc(OC(F)(F)F)cc2)cc1. The summed E-state index contributed by atoms with van der Waals surface area (Å²) in [6, 6.07) is 19.0. The third-order valence-electron chi connectivity index (χ3n) is 6.43. The number of aryl methyl sites for hydroxylation is 1. The Morgan fingerprint density at radius 2 is 1.37 bits per heavy atom. The van der Waals surface area contributed by atoms with Gasteiger partial charge in [0.15, 0.2) is 0 Å². The van der Waals surface area contributed by atoms with E-state index in [1.54, 1.807) is 48.5 Å². The van der Waals surface area contributed by atoms with Crippen LogP contribution < -0.4 is 4.74 Å².